The van der Waals surface area contributed by atoms with E-state index in [1.807, 2.05) is 24.3 Å². The van der Waals surface area contributed by atoms with Gasteiger partial charge in [0, 0.05) is 59.0 Å². The van der Waals surface area contributed by atoms with Crippen LogP contribution in [-0.4, -0.2) is 74.5 Å². The van der Waals surface area contributed by atoms with Crippen LogP contribution < -0.4 is 20.9 Å². The van der Waals surface area contributed by atoms with Crippen molar-refractivity contribution in [1.29, 1.82) is 0 Å². The molecule has 0 aliphatic carbocycles. The molecule has 12 rings (SSSR count). The quantitative estimate of drug-likeness (QED) is 0.129. The number of ether oxygens (including phenoxy) is 6. The number of pyridine rings is 2. The lowest BCUT2D eigenvalue weighted by atomic mass is 9.77. The molecule has 68 heavy (non-hydrogen) atoms. The Kier molecular flexibility index (Phi) is 11.3. The number of rotatable bonds is 4. The zero-order valence-electron chi connectivity index (χ0n) is 36.6. The van der Waals surface area contributed by atoms with Gasteiger partial charge >= 0.3 is 0 Å². The summed E-state index contributed by atoms with van der Waals surface area (Å²) in [6, 6.07) is 24.0. The van der Waals surface area contributed by atoms with Gasteiger partial charge in [0.05, 0.1) is 26.4 Å². The van der Waals surface area contributed by atoms with Crippen LogP contribution in [0.25, 0.3) is 27.8 Å². The second-order valence-corrected chi connectivity index (χ2v) is 17.4. The second-order valence-electron chi connectivity index (χ2n) is 17.4. The number of hydrogen-bond donors (Lipinski definition) is 2. The van der Waals surface area contributed by atoms with Crippen molar-refractivity contribution in [3.63, 3.8) is 0 Å². The van der Waals surface area contributed by atoms with Gasteiger partial charge in [-0.2, -0.15) is 8.78 Å². The van der Waals surface area contributed by atoms with E-state index in [1.54, 1.807) is 60.7 Å². The highest BCUT2D eigenvalue weighted by Gasteiger charge is 2.48. The molecule has 0 unspecified atom stereocenters. The molecule has 2 aromatic heterocycles. The van der Waals surface area contributed by atoms with Crippen molar-refractivity contribution >= 4 is 17.2 Å². The van der Waals surface area contributed by atoms with E-state index < -0.39 is 34.6 Å². The topological polar surface area (TPSA) is 158 Å². The summed E-state index contributed by atoms with van der Waals surface area (Å²) in [4.78, 5) is 17.2. The molecule has 8 heterocycles. The van der Waals surface area contributed by atoms with Crippen LogP contribution in [0, 0.1) is 23.5 Å². The molecule has 346 valence electrons. The molecule has 0 saturated carbocycles. The molecule has 12 nitrogen and oxygen atoms in total. The molecular weight excluding hydrogens is 881 g/mol. The predicted molar refractivity (Wildman–Crippen MR) is 245 cm³/mol. The van der Waals surface area contributed by atoms with Crippen molar-refractivity contribution in [2.75, 3.05) is 52.9 Å². The number of benzene rings is 4. The largest absolute Gasteiger partial charge is 0.453 e. The van der Waals surface area contributed by atoms with Crippen LogP contribution in [0.3, 0.4) is 0 Å². The molecule has 4 N–H and O–H groups in total. The van der Waals surface area contributed by atoms with Gasteiger partial charge in [-0.25, -0.2) is 18.7 Å². The number of amidine groups is 2. The average Bonchev–Trinajstić information content (AvgIpc) is 3.36. The maximum Gasteiger partial charge on any atom is 0.220 e. The Bertz CT molecular complexity index is 3090. The lowest BCUT2D eigenvalue weighted by Gasteiger charge is -2.40. The number of halogens is 4. The van der Waals surface area contributed by atoms with E-state index in [-0.39, 0.29) is 43.8 Å². The molecule has 16 heteroatoms. The van der Waals surface area contributed by atoms with Gasteiger partial charge in [0.1, 0.15) is 47.5 Å². The van der Waals surface area contributed by atoms with Gasteiger partial charge in [-0.15, -0.1) is 0 Å². The predicted octanol–water partition coefficient (Wildman–Crippen LogP) is 9.22. The van der Waals surface area contributed by atoms with Gasteiger partial charge in [0.2, 0.25) is 11.9 Å². The number of nitrogens with zero attached hydrogens (tertiary/aromatic N) is 4. The molecule has 1 fully saturated rings. The summed E-state index contributed by atoms with van der Waals surface area (Å²) in [5.41, 5.74) is 16.9. The maximum atomic E-state index is 15.5. The summed E-state index contributed by atoms with van der Waals surface area (Å²) in [6.45, 7) is 3.00. The fraction of sp³-hybridized carbons (Fsp3) is 0.269. The molecule has 6 aliphatic heterocycles. The number of aliphatic imine (C=N–C) groups is 2. The van der Waals surface area contributed by atoms with E-state index in [0.717, 1.165) is 29.5 Å². The van der Waals surface area contributed by atoms with Crippen LogP contribution in [-0.2, 0) is 30.0 Å². The highest BCUT2D eigenvalue weighted by atomic mass is 19.1. The van der Waals surface area contributed by atoms with Gasteiger partial charge in [0.25, 0.3) is 0 Å². The Balaban J connectivity index is 0.000000149. The smallest absolute Gasteiger partial charge is 0.220 e. The summed E-state index contributed by atoms with van der Waals surface area (Å²) in [6.07, 6.45) is 7.05. The number of fused-ring (bicyclic) bond motifs is 8. The maximum absolute atomic E-state index is 15.5. The van der Waals surface area contributed by atoms with E-state index in [9.17, 15) is 8.78 Å². The Hall–Kier alpha value is -6.98. The number of hydrogen-bond acceptors (Lipinski definition) is 12. The standard InChI is InChI=1S/C26H23F2N3O3.C26H21F2N3O3/c2*27-21-12-17(15-5-8-32-9-6-15)11-20-24(21)34-22-4-3-16(18-2-1-7-30-25(18)28)10-19(22)26(20)14-33-13-23(29)31-26/h1-4,7,10-12,15H,5-6,8-9,13-14H2,(H2,29,31);1-5,7,10-12H,6,8-9,13-14H2,(H2,29,31)/t2*26-/m00/s1. The van der Waals surface area contributed by atoms with Crippen molar-refractivity contribution in [3.05, 3.63) is 160 Å². The fourth-order valence-corrected chi connectivity index (χ4v) is 9.98. The Morgan fingerprint density at radius 1 is 0.559 bits per heavy atom. The molecule has 0 radical (unpaired) electrons. The summed E-state index contributed by atoms with van der Waals surface area (Å²) >= 11 is 0. The molecule has 2 atom stereocenters. The van der Waals surface area contributed by atoms with Gasteiger partial charge in [0.15, 0.2) is 23.1 Å². The average molecular weight is 925 g/mol. The Labute approximate surface area is 388 Å². The SMILES string of the molecule is NC1=N[C@@]2(COC1)c1cc(-c3cccnc3F)ccc1Oc1c(F)cc(C3=CCOCC3)cc12.NC1=N[C@@]2(COC1)c1cc(-c3cccnc3F)ccc1Oc1c(F)cc(C3CCOCC3)cc12. The lowest BCUT2D eigenvalue weighted by molar-refractivity contribution is 0.0850. The third-order valence-electron chi connectivity index (χ3n) is 13.2. The third kappa shape index (κ3) is 7.66. The first kappa shape index (κ1) is 43.6. The van der Waals surface area contributed by atoms with Crippen LogP contribution in [0.5, 0.6) is 23.0 Å². The molecule has 1 saturated heterocycles. The first-order valence-electron chi connectivity index (χ1n) is 22.3. The molecular formula is C52H44F4N6O6. The highest BCUT2D eigenvalue weighted by Crippen LogP contribution is 2.54. The van der Waals surface area contributed by atoms with Crippen molar-refractivity contribution in [3.8, 4) is 45.3 Å². The van der Waals surface area contributed by atoms with Gasteiger partial charge in [-0.1, -0.05) is 18.2 Å². The first-order chi connectivity index (χ1) is 33.1. The minimum absolute atomic E-state index is 0.0891. The number of nitrogens with two attached hydrogens (primary N) is 2. The minimum atomic E-state index is -1.14. The zero-order chi connectivity index (χ0) is 46.6. The second kappa shape index (κ2) is 17.6. The summed E-state index contributed by atoms with van der Waals surface area (Å²) in [7, 11) is 0. The monoisotopic (exact) mass is 924 g/mol. The van der Waals surface area contributed by atoms with E-state index in [4.69, 9.17) is 49.9 Å². The van der Waals surface area contributed by atoms with Gasteiger partial charge < -0.3 is 39.9 Å². The number of aromatic nitrogens is 2. The molecule has 0 amide bonds. The molecule has 0 bridgehead atoms. The minimum Gasteiger partial charge on any atom is -0.453 e. The van der Waals surface area contributed by atoms with Crippen molar-refractivity contribution in [2.24, 2.45) is 21.5 Å². The van der Waals surface area contributed by atoms with Crippen molar-refractivity contribution < 1.29 is 46.0 Å². The van der Waals surface area contributed by atoms with Crippen LogP contribution in [0.15, 0.2) is 113 Å². The van der Waals surface area contributed by atoms with E-state index >= 15 is 8.78 Å². The molecule has 6 aliphatic rings. The molecule has 2 spiro atoms. The summed E-state index contributed by atoms with van der Waals surface area (Å²) < 4.78 is 94.6. The summed E-state index contributed by atoms with van der Waals surface area (Å²) in [5.74, 6) is -0.289. The summed E-state index contributed by atoms with van der Waals surface area (Å²) in [5, 5.41) is 0. The molecule has 4 aromatic carbocycles. The Morgan fingerprint density at radius 3 is 1.63 bits per heavy atom. The Morgan fingerprint density at radius 2 is 1.10 bits per heavy atom. The van der Waals surface area contributed by atoms with Crippen molar-refractivity contribution in [1.82, 2.24) is 9.97 Å². The van der Waals surface area contributed by atoms with Crippen LogP contribution in [0.2, 0.25) is 0 Å². The van der Waals surface area contributed by atoms with Crippen LogP contribution in [0.1, 0.15) is 58.6 Å². The first-order valence-corrected chi connectivity index (χ1v) is 22.3. The van der Waals surface area contributed by atoms with Gasteiger partial charge in [-0.05, 0) is 126 Å². The fourth-order valence-electron chi connectivity index (χ4n) is 9.98. The van der Waals surface area contributed by atoms with E-state index in [0.29, 0.717) is 101 Å². The van der Waals surface area contributed by atoms with Crippen molar-refractivity contribution in [2.45, 2.75) is 36.3 Å². The molecule has 6 aromatic rings. The van der Waals surface area contributed by atoms with Crippen LogP contribution >= 0.6 is 0 Å². The van der Waals surface area contributed by atoms with E-state index in [2.05, 4.69) is 9.97 Å². The van der Waals surface area contributed by atoms with Gasteiger partial charge in [-0.3, -0.25) is 9.98 Å². The van der Waals surface area contributed by atoms with Crippen LogP contribution in [0.4, 0.5) is 17.6 Å². The normalized spacial score (nSPS) is 21.6. The zero-order valence-corrected chi connectivity index (χ0v) is 36.6. The third-order valence-corrected chi connectivity index (χ3v) is 13.2. The lowest BCUT2D eigenvalue weighted by Crippen LogP contribution is -2.42. The highest BCUT2D eigenvalue weighted by molar-refractivity contribution is 5.85. The van der Waals surface area contributed by atoms with E-state index in [1.165, 1.54) is 18.5 Å².